The summed E-state index contributed by atoms with van der Waals surface area (Å²) in [6, 6.07) is 5.56. The molecule has 0 fully saturated rings. The normalized spacial score (nSPS) is 10.9. The van der Waals surface area contributed by atoms with E-state index in [0.29, 0.717) is 21.2 Å². The lowest BCUT2D eigenvalue weighted by atomic mass is 10.2. The van der Waals surface area contributed by atoms with Crippen molar-refractivity contribution >= 4 is 34.3 Å². The molecule has 6 nitrogen and oxygen atoms in total. The highest BCUT2D eigenvalue weighted by molar-refractivity contribution is 7.18. The van der Waals surface area contributed by atoms with Gasteiger partial charge in [0.05, 0.1) is 11.7 Å². The largest absolute Gasteiger partial charge is 0.462 e. The summed E-state index contributed by atoms with van der Waals surface area (Å²) >= 11 is 1.03. The number of esters is 1. The van der Waals surface area contributed by atoms with E-state index in [0.717, 1.165) is 17.1 Å². The van der Waals surface area contributed by atoms with Gasteiger partial charge in [0.2, 0.25) is 5.91 Å². The summed E-state index contributed by atoms with van der Waals surface area (Å²) in [4.78, 5) is 24.5. The number of hydrogen-bond donors (Lipinski definition) is 1. The van der Waals surface area contributed by atoms with Gasteiger partial charge < -0.3 is 14.5 Å². The Morgan fingerprint density at radius 3 is 2.64 bits per heavy atom. The molecule has 1 N–H and O–H groups in total. The lowest BCUT2D eigenvalue weighted by molar-refractivity contribution is -0.111. The lowest BCUT2D eigenvalue weighted by Crippen LogP contribution is -2.11. The number of aryl methyl sites for hydroxylation is 1. The average Bonchev–Trinajstić information content (AvgIpc) is 3.08. The van der Waals surface area contributed by atoms with Gasteiger partial charge in [0.1, 0.15) is 27.5 Å². The van der Waals surface area contributed by atoms with E-state index in [1.165, 1.54) is 12.2 Å². The molecule has 0 saturated heterocycles. The molecule has 2 aromatic heterocycles. The minimum absolute atomic E-state index is 0.260. The maximum atomic E-state index is 12.1. The number of carbonyl (C=O) groups excluding carboxylic acids is 2. The molecule has 25 heavy (non-hydrogen) atoms. The number of nitrogens with one attached hydrogen (secondary N) is 1. The molecule has 0 saturated carbocycles. The Kier molecular flexibility index (Phi) is 5.78. The first-order valence-electron chi connectivity index (χ1n) is 7.61. The summed E-state index contributed by atoms with van der Waals surface area (Å²) in [5, 5.41) is 12.3. The molecule has 1 amide bonds. The van der Waals surface area contributed by atoms with E-state index in [9.17, 15) is 14.9 Å². The Balaban J connectivity index is 2.18. The Hall–Kier alpha value is -2.85. The number of anilines is 1. The molecule has 7 heteroatoms. The number of rotatable bonds is 5. The second-order valence-corrected chi connectivity index (χ2v) is 6.62. The quantitative estimate of drug-likeness (QED) is 0.643. The van der Waals surface area contributed by atoms with Gasteiger partial charge in [-0.15, -0.1) is 11.3 Å². The third kappa shape index (κ3) is 4.58. The van der Waals surface area contributed by atoms with E-state index in [-0.39, 0.29) is 11.7 Å². The Morgan fingerprint density at radius 1 is 1.36 bits per heavy atom. The number of nitrogens with zero attached hydrogens (tertiary/aromatic N) is 1. The van der Waals surface area contributed by atoms with Gasteiger partial charge in [-0.2, -0.15) is 5.26 Å². The van der Waals surface area contributed by atoms with E-state index in [1.807, 2.05) is 13.0 Å². The zero-order valence-electron chi connectivity index (χ0n) is 14.4. The summed E-state index contributed by atoms with van der Waals surface area (Å²) in [5.74, 6) is 0.373. The summed E-state index contributed by atoms with van der Waals surface area (Å²) in [6.07, 6.45) is 2.57. The third-order valence-corrected chi connectivity index (χ3v) is 4.37. The van der Waals surface area contributed by atoms with E-state index >= 15 is 0 Å². The molecule has 2 heterocycles. The number of ether oxygens (including phenoxy) is 1. The van der Waals surface area contributed by atoms with Crippen LogP contribution in [0.25, 0.3) is 6.08 Å². The predicted octanol–water partition coefficient (Wildman–Crippen LogP) is 4.05. The fraction of sp³-hybridized carbons (Fsp3) is 0.278. The molecule has 0 aliphatic carbocycles. The van der Waals surface area contributed by atoms with Crippen LogP contribution < -0.4 is 5.32 Å². The monoisotopic (exact) mass is 358 g/mol. The van der Waals surface area contributed by atoms with Crippen molar-refractivity contribution in [1.82, 2.24) is 0 Å². The molecule has 0 aromatic carbocycles. The number of furan rings is 1. The molecule has 2 rings (SSSR count). The molecule has 2 aromatic rings. The van der Waals surface area contributed by atoms with Crippen molar-refractivity contribution in [1.29, 1.82) is 5.26 Å². The number of amides is 1. The molecule has 0 radical (unpaired) electrons. The molecule has 0 aliphatic rings. The van der Waals surface area contributed by atoms with Gasteiger partial charge in [0, 0.05) is 6.08 Å². The SMILES string of the molecule is Cc1ccc(C=CC(=O)Nc2sc(C(=O)OC(C)C)c(C)c2C#N)o1. The first-order chi connectivity index (χ1) is 11.8. The lowest BCUT2D eigenvalue weighted by Gasteiger charge is -2.06. The maximum absolute atomic E-state index is 12.1. The highest BCUT2D eigenvalue weighted by Crippen LogP contribution is 2.33. The zero-order valence-corrected chi connectivity index (χ0v) is 15.2. The van der Waals surface area contributed by atoms with Crippen molar-refractivity contribution in [2.75, 3.05) is 5.32 Å². The van der Waals surface area contributed by atoms with Crippen LogP contribution >= 0.6 is 11.3 Å². The van der Waals surface area contributed by atoms with Crippen LogP contribution in [0.1, 0.15) is 46.2 Å². The van der Waals surface area contributed by atoms with Crippen LogP contribution in [-0.4, -0.2) is 18.0 Å². The highest BCUT2D eigenvalue weighted by Gasteiger charge is 2.22. The number of nitriles is 1. The van der Waals surface area contributed by atoms with Crippen molar-refractivity contribution in [3.63, 3.8) is 0 Å². The number of carbonyl (C=O) groups is 2. The molecule has 0 aliphatic heterocycles. The Labute approximate surface area is 149 Å². The van der Waals surface area contributed by atoms with E-state index in [4.69, 9.17) is 9.15 Å². The fourth-order valence-electron chi connectivity index (χ4n) is 2.05. The summed E-state index contributed by atoms with van der Waals surface area (Å²) in [5.41, 5.74) is 0.760. The molecule has 0 atom stereocenters. The topological polar surface area (TPSA) is 92.3 Å². The van der Waals surface area contributed by atoms with Crippen LogP contribution in [0, 0.1) is 25.2 Å². The third-order valence-electron chi connectivity index (χ3n) is 3.18. The summed E-state index contributed by atoms with van der Waals surface area (Å²) in [6.45, 7) is 6.96. The van der Waals surface area contributed by atoms with Crippen LogP contribution in [0.5, 0.6) is 0 Å². The maximum Gasteiger partial charge on any atom is 0.348 e. The predicted molar refractivity (Wildman–Crippen MR) is 95.4 cm³/mol. The number of thiophene rings is 1. The van der Waals surface area contributed by atoms with E-state index in [1.54, 1.807) is 32.9 Å². The molecule has 0 unspecified atom stereocenters. The second-order valence-electron chi connectivity index (χ2n) is 5.60. The van der Waals surface area contributed by atoms with Gasteiger partial charge in [-0.05, 0) is 51.5 Å². The van der Waals surface area contributed by atoms with Crippen LogP contribution in [0.4, 0.5) is 5.00 Å². The van der Waals surface area contributed by atoms with Crippen LogP contribution in [0.2, 0.25) is 0 Å². The van der Waals surface area contributed by atoms with Gasteiger partial charge in [0.25, 0.3) is 0 Å². The van der Waals surface area contributed by atoms with Crippen LogP contribution in [0.15, 0.2) is 22.6 Å². The average molecular weight is 358 g/mol. The Bertz CT molecular complexity index is 868. The molecular formula is C18H18N2O4S. The number of hydrogen-bond acceptors (Lipinski definition) is 6. The van der Waals surface area contributed by atoms with Crippen molar-refractivity contribution < 1.29 is 18.7 Å². The fourth-order valence-corrected chi connectivity index (χ4v) is 3.10. The first-order valence-corrected chi connectivity index (χ1v) is 8.43. The van der Waals surface area contributed by atoms with Crippen molar-refractivity contribution in [3.05, 3.63) is 45.7 Å². The molecule has 0 spiro atoms. The van der Waals surface area contributed by atoms with Crippen LogP contribution in [0.3, 0.4) is 0 Å². The van der Waals surface area contributed by atoms with Gasteiger partial charge in [-0.25, -0.2) is 4.79 Å². The van der Waals surface area contributed by atoms with E-state index in [2.05, 4.69) is 5.32 Å². The van der Waals surface area contributed by atoms with Crippen molar-refractivity contribution in [2.24, 2.45) is 0 Å². The van der Waals surface area contributed by atoms with E-state index < -0.39 is 11.9 Å². The first kappa shape index (κ1) is 18.5. The molecular weight excluding hydrogens is 340 g/mol. The highest BCUT2D eigenvalue weighted by atomic mass is 32.1. The van der Waals surface area contributed by atoms with Crippen molar-refractivity contribution in [3.8, 4) is 6.07 Å². The minimum Gasteiger partial charge on any atom is -0.462 e. The standard InChI is InChI=1S/C18H18N2O4S/c1-10(2)23-18(22)16-12(4)14(9-19)17(25-16)20-15(21)8-7-13-6-5-11(3)24-13/h5-8,10H,1-4H3,(H,20,21). The van der Waals surface area contributed by atoms with Crippen molar-refractivity contribution in [2.45, 2.75) is 33.8 Å². The Morgan fingerprint density at radius 2 is 2.08 bits per heavy atom. The van der Waals surface area contributed by atoms with Gasteiger partial charge in [0.15, 0.2) is 0 Å². The van der Waals surface area contributed by atoms with Gasteiger partial charge in [-0.1, -0.05) is 0 Å². The van der Waals surface area contributed by atoms with Gasteiger partial charge >= 0.3 is 5.97 Å². The summed E-state index contributed by atoms with van der Waals surface area (Å²) in [7, 11) is 0. The smallest absolute Gasteiger partial charge is 0.348 e. The molecule has 130 valence electrons. The molecule has 0 bridgehead atoms. The summed E-state index contributed by atoms with van der Waals surface area (Å²) < 4.78 is 10.5. The minimum atomic E-state index is -0.504. The zero-order chi connectivity index (χ0) is 18.6. The second kappa shape index (κ2) is 7.81. The van der Waals surface area contributed by atoms with Crippen LogP contribution in [-0.2, 0) is 9.53 Å². The van der Waals surface area contributed by atoms with Gasteiger partial charge in [-0.3, -0.25) is 4.79 Å².